The highest BCUT2D eigenvalue weighted by atomic mass is 16.5. The van der Waals surface area contributed by atoms with E-state index in [4.69, 9.17) is 4.52 Å². The molecule has 1 atom stereocenters. The summed E-state index contributed by atoms with van der Waals surface area (Å²) in [5, 5.41) is 6.68. The molecule has 2 aromatic rings. The molecule has 0 aromatic carbocycles. The van der Waals surface area contributed by atoms with Crippen LogP contribution in [-0.2, 0) is 6.54 Å². The van der Waals surface area contributed by atoms with Gasteiger partial charge in [-0.2, -0.15) is 4.98 Å². The molecule has 2 rings (SSSR count). The fourth-order valence-electron chi connectivity index (χ4n) is 2.30. The summed E-state index contributed by atoms with van der Waals surface area (Å²) in [5.74, 6) is 1.25. The van der Waals surface area contributed by atoms with Crippen LogP contribution >= 0.6 is 0 Å². The van der Waals surface area contributed by atoms with Gasteiger partial charge in [-0.3, -0.25) is 4.98 Å². The van der Waals surface area contributed by atoms with E-state index < -0.39 is 0 Å². The summed E-state index contributed by atoms with van der Waals surface area (Å²) in [4.78, 5) is 22.4. The highest BCUT2D eigenvalue weighted by Crippen LogP contribution is 2.21. The molecule has 124 valence electrons. The molecule has 1 N–H and O–H groups in total. The Morgan fingerprint density at radius 1 is 1.43 bits per heavy atom. The number of hydrogen-bond donors (Lipinski definition) is 1. The van der Waals surface area contributed by atoms with Crippen molar-refractivity contribution in [3.8, 4) is 0 Å². The lowest BCUT2D eigenvalue weighted by atomic mass is 10.1. The molecule has 7 nitrogen and oxygen atoms in total. The first-order chi connectivity index (χ1) is 11.0. The first-order valence-electron chi connectivity index (χ1n) is 7.76. The van der Waals surface area contributed by atoms with Crippen molar-refractivity contribution in [2.75, 3.05) is 7.05 Å². The van der Waals surface area contributed by atoms with E-state index in [0.717, 1.165) is 12.0 Å². The van der Waals surface area contributed by atoms with Crippen molar-refractivity contribution >= 4 is 6.03 Å². The molecule has 1 unspecified atom stereocenters. The van der Waals surface area contributed by atoms with Crippen molar-refractivity contribution in [2.45, 2.75) is 45.7 Å². The summed E-state index contributed by atoms with van der Waals surface area (Å²) in [6.45, 7) is 6.22. The molecule has 7 heteroatoms. The Hall–Kier alpha value is -2.44. The van der Waals surface area contributed by atoms with Crippen LogP contribution in [0.2, 0.25) is 0 Å². The molecular weight excluding hydrogens is 294 g/mol. The maximum absolute atomic E-state index is 12.3. The van der Waals surface area contributed by atoms with E-state index in [1.165, 1.54) is 0 Å². The van der Waals surface area contributed by atoms with Crippen molar-refractivity contribution in [1.29, 1.82) is 0 Å². The van der Waals surface area contributed by atoms with Crippen molar-refractivity contribution in [3.63, 3.8) is 0 Å². The zero-order valence-corrected chi connectivity index (χ0v) is 14.0. The fourth-order valence-corrected chi connectivity index (χ4v) is 2.30. The molecular formula is C16H23N5O2. The van der Waals surface area contributed by atoms with E-state index >= 15 is 0 Å². The van der Waals surface area contributed by atoms with Gasteiger partial charge in [-0.15, -0.1) is 0 Å². The zero-order valence-electron chi connectivity index (χ0n) is 14.0. The lowest BCUT2D eigenvalue weighted by molar-refractivity contribution is 0.186. The van der Waals surface area contributed by atoms with Crippen molar-refractivity contribution in [2.24, 2.45) is 0 Å². The van der Waals surface area contributed by atoms with Crippen molar-refractivity contribution < 1.29 is 9.32 Å². The summed E-state index contributed by atoms with van der Waals surface area (Å²) in [6, 6.07) is 3.62. The first-order valence-corrected chi connectivity index (χ1v) is 7.76. The monoisotopic (exact) mass is 317 g/mol. The third kappa shape index (κ3) is 4.28. The summed E-state index contributed by atoms with van der Waals surface area (Å²) < 4.78 is 5.12. The Kier molecular flexibility index (Phi) is 5.67. The molecule has 0 radical (unpaired) electrons. The Morgan fingerprint density at radius 2 is 2.22 bits per heavy atom. The number of hydrogen-bond acceptors (Lipinski definition) is 5. The number of aromatic nitrogens is 3. The fraction of sp³-hybridized carbons (Fsp3) is 0.500. The Balaban J connectivity index is 1.95. The number of amides is 2. The van der Waals surface area contributed by atoms with Crippen LogP contribution in [0.3, 0.4) is 0 Å². The minimum Gasteiger partial charge on any atom is -0.337 e. The van der Waals surface area contributed by atoms with Crippen molar-refractivity contribution in [1.82, 2.24) is 25.3 Å². The average Bonchev–Trinajstić information content (AvgIpc) is 3.03. The third-order valence-electron chi connectivity index (χ3n) is 3.63. The van der Waals surface area contributed by atoms with Gasteiger partial charge in [0.15, 0.2) is 5.82 Å². The smallest absolute Gasteiger partial charge is 0.318 e. The van der Waals surface area contributed by atoms with E-state index in [1.54, 1.807) is 24.3 Å². The van der Waals surface area contributed by atoms with Gasteiger partial charge < -0.3 is 14.7 Å². The lowest BCUT2D eigenvalue weighted by Crippen LogP contribution is -2.39. The van der Waals surface area contributed by atoms with Crippen LogP contribution < -0.4 is 5.32 Å². The number of rotatable bonds is 6. The van der Waals surface area contributed by atoms with Crippen LogP contribution in [0.1, 0.15) is 56.4 Å². The Bertz CT molecular complexity index is 626. The average molecular weight is 317 g/mol. The molecule has 0 bridgehead atoms. The van der Waals surface area contributed by atoms with Gasteiger partial charge in [0.25, 0.3) is 0 Å². The quantitative estimate of drug-likeness (QED) is 0.885. The molecule has 0 aliphatic rings. The third-order valence-corrected chi connectivity index (χ3v) is 3.63. The summed E-state index contributed by atoms with van der Waals surface area (Å²) in [5.41, 5.74) is 1.01. The normalized spacial score (nSPS) is 12.2. The molecule has 2 heterocycles. The van der Waals surface area contributed by atoms with Gasteiger partial charge in [0.1, 0.15) is 0 Å². The van der Waals surface area contributed by atoms with Gasteiger partial charge >= 0.3 is 6.03 Å². The number of nitrogens with zero attached hydrogens (tertiary/aromatic N) is 4. The maximum atomic E-state index is 12.3. The second-order valence-electron chi connectivity index (χ2n) is 5.68. The number of pyridine rings is 1. The van der Waals surface area contributed by atoms with Crippen LogP contribution in [0.5, 0.6) is 0 Å². The van der Waals surface area contributed by atoms with Crippen molar-refractivity contribution in [3.05, 3.63) is 41.8 Å². The van der Waals surface area contributed by atoms with Gasteiger partial charge in [-0.05, 0) is 18.1 Å². The standard InChI is InChI=1S/C16H23N5O2/c1-5-13(12-7-6-8-17-9-12)21(4)16(22)18-10-14-19-15(11(2)3)20-23-14/h6-9,11,13H,5,10H2,1-4H3,(H,18,22). The van der Waals surface area contributed by atoms with Gasteiger partial charge in [0.2, 0.25) is 5.89 Å². The predicted molar refractivity (Wildman–Crippen MR) is 85.7 cm³/mol. The molecule has 2 aromatic heterocycles. The molecule has 0 aliphatic carbocycles. The number of carbonyl (C=O) groups is 1. The highest BCUT2D eigenvalue weighted by Gasteiger charge is 2.20. The van der Waals surface area contributed by atoms with E-state index in [-0.39, 0.29) is 24.5 Å². The van der Waals surface area contributed by atoms with Gasteiger partial charge in [-0.1, -0.05) is 32.0 Å². The van der Waals surface area contributed by atoms with Crippen LogP contribution in [0.4, 0.5) is 4.79 Å². The van der Waals surface area contributed by atoms with E-state index in [1.807, 2.05) is 32.9 Å². The lowest BCUT2D eigenvalue weighted by Gasteiger charge is -2.27. The molecule has 0 fully saturated rings. The van der Waals surface area contributed by atoms with Gasteiger partial charge in [0.05, 0.1) is 12.6 Å². The zero-order chi connectivity index (χ0) is 16.8. The molecule has 2 amide bonds. The number of nitrogens with one attached hydrogen (secondary N) is 1. The van der Waals surface area contributed by atoms with Crippen LogP contribution in [0, 0.1) is 0 Å². The van der Waals surface area contributed by atoms with Crippen LogP contribution in [0.25, 0.3) is 0 Å². The van der Waals surface area contributed by atoms with E-state index in [9.17, 15) is 4.79 Å². The number of urea groups is 1. The SMILES string of the molecule is CCC(c1cccnc1)N(C)C(=O)NCc1nc(C(C)C)no1. The first kappa shape index (κ1) is 16.9. The minimum absolute atomic E-state index is 0.0300. The van der Waals surface area contributed by atoms with Gasteiger partial charge in [0, 0.05) is 25.4 Å². The second-order valence-corrected chi connectivity index (χ2v) is 5.68. The molecule has 0 saturated heterocycles. The topological polar surface area (TPSA) is 84.2 Å². The Morgan fingerprint density at radius 3 is 2.78 bits per heavy atom. The van der Waals surface area contributed by atoms with Crippen LogP contribution in [-0.4, -0.2) is 33.1 Å². The molecule has 0 spiro atoms. The molecule has 0 saturated carbocycles. The largest absolute Gasteiger partial charge is 0.337 e. The van der Waals surface area contributed by atoms with E-state index in [2.05, 4.69) is 20.4 Å². The molecule has 23 heavy (non-hydrogen) atoms. The summed E-state index contributed by atoms with van der Waals surface area (Å²) in [6.07, 6.45) is 4.30. The van der Waals surface area contributed by atoms with Gasteiger partial charge in [-0.25, -0.2) is 4.79 Å². The molecule has 0 aliphatic heterocycles. The summed E-state index contributed by atoms with van der Waals surface area (Å²) in [7, 11) is 1.77. The van der Waals surface area contributed by atoms with E-state index in [0.29, 0.717) is 11.7 Å². The predicted octanol–water partition coefficient (Wildman–Crippen LogP) is 2.88. The highest BCUT2D eigenvalue weighted by molar-refractivity contribution is 5.74. The van der Waals surface area contributed by atoms with Crippen LogP contribution in [0.15, 0.2) is 29.0 Å². The Labute approximate surface area is 136 Å². The maximum Gasteiger partial charge on any atom is 0.318 e. The number of carbonyl (C=O) groups excluding carboxylic acids is 1. The minimum atomic E-state index is -0.190. The summed E-state index contributed by atoms with van der Waals surface area (Å²) >= 11 is 0. The second kappa shape index (κ2) is 7.71.